The highest BCUT2D eigenvalue weighted by Crippen LogP contribution is 2.20. The van der Waals surface area contributed by atoms with Crippen LogP contribution in [0.4, 0.5) is 0 Å². The number of aryl methyl sites for hydroxylation is 1. The van der Waals surface area contributed by atoms with Crippen molar-refractivity contribution >= 4 is 5.97 Å². The van der Waals surface area contributed by atoms with E-state index in [0.29, 0.717) is 12.6 Å². The molecule has 0 radical (unpaired) electrons. The summed E-state index contributed by atoms with van der Waals surface area (Å²) in [6, 6.07) is 8.99. The summed E-state index contributed by atoms with van der Waals surface area (Å²) in [5.41, 5.74) is 2.87. The number of nitrogens with one attached hydrogen (secondary N) is 1. The summed E-state index contributed by atoms with van der Waals surface area (Å²) in [5.74, 6) is -0.888. The van der Waals surface area contributed by atoms with Crippen molar-refractivity contribution in [3.63, 3.8) is 0 Å². The number of benzene rings is 1. The van der Waals surface area contributed by atoms with Gasteiger partial charge in [-0.05, 0) is 30.4 Å². The summed E-state index contributed by atoms with van der Waals surface area (Å²) in [6.07, 6.45) is 6.11. The summed E-state index contributed by atoms with van der Waals surface area (Å²) in [5, 5.41) is 11.8. The van der Waals surface area contributed by atoms with Crippen LogP contribution in [0.5, 0.6) is 0 Å². The van der Waals surface area contributed by atoms with E-state index >= 15 is 0 Å². The molecule has 1 atom stereocenters. The molecule has 1 unspecified atom stereocenters. The van der Waals surface area contributed by atoms with Gasteiger partial charge in [-0.3, -0.25) is 0 Å². The lowest BCUT2D eigenvalue weighted by Gasteiger charge is -2.25. The zero-order valence-electron chi connectivity index (χ0n) is 9.73. The summed E-state index contributed by atoms with van der Waals surface area (Å²) in [6.45, 7) is 0.624. The molecule has 0 aliphatic heterocycles. The Morgan fingerprint density at radius 1 is 1.41 bits per heavy atom. The minimum Gasteiger partial charge on any atom is -0.478 e. The van der Waals surface area contributed by atoms with Crippen LogP contribution in [-0.2, 0) is 17.6 Å². The highest BCUT2D eigenvalue weighted by atomic mass is 16.4. The molecule has 0 saturated heterocycles. The highest BCUT2D eigenvalue weighted by Gasteiger charge is 2.16. The van der Waals surface area contributed by atoms with Crippen LogP contribution in [0.2, 0.25) is 0 Å². The molecule has 0 spiro atoms. The second kappa shape index (κ2) is 5.64. The normalized spacial score (nSPS) is 19.2. The van der Waals surface area contributed by atoms with E-state index < -0.39 is 5.97 Å². The smallest absolute Gasteiger partial charge is 0.328 e. The van der Waals surface area contributed by atoms with E-state index in [1.54, 1.807) is 6.08 Å². The van der Waals surface area contributed by atoms with Crippen LogP contribution in [0.15, 0.2) is 36.4 Å². The lowest BCUT2D eigenvalue weighted by molar-refractivity contribution is -0.131. The summed E-state index contributed by atoms with van der Waals surface area (Å²) >= 11 is 0. The van der Waals surface area contributed by atoms with Crippen molar-refractivity contribution in [3.8, 4) is 0 Å². The lowest BCUT2D eigenvalue weighted by Crippen LogP contribution is -2.34. The SMILES string of the molecule is O=C(O)/C=C/CNC1CCc2ccccc2C1. The van der Waals surface area contributed by atoms with Crippen molar-refractivity contribution in [1.82, 2.24) is 5.32 Å². The zero-order valence-corrected chi connectivity index (χ0v) is 9.73. The first-order chi connectivity index (χ1) is 8.25. The van der Waals surface area contributed by atoms with Gasteiger partial charge in [0.25, 0.3) is 0 Å². The van der Waals surface area contributed by atoms with E-state index in [9.17, 15) is 4.79 Å². The van der Waals surface area contributed by atoms with Crippen molar-refractivity contribution in [2.75, 3.05) is 6.54 Å². The summed E-state index contributed by atoms with van der Waals surface area (Å²) in [7, 11) is 0. The van der Waals surface area contributed by atoms with Crippen LogP contribution in [0, 0.1) is 0 Å². The molecule has 1 aliphatic carbocycles. The zero-order chi connectivity index (χ0) is 12.1. The fraction of sp³-hybridized carbons (Fsp3) is 0.357. The molecule has 0 amide bonds. The second-order valence-corrected chi connectivity index (χ2v) is 4.36. The van der Waals surface area contributed by atoms with Gasteiger partial charge >= 0.3 is 5.97 Å². The van der Waals surface area contributed by atoms with E-state index in [-0.39, 0.29) is 0 Å². The van der Waals surface area contributed by atoms with Gasteiger partial charge in [0.15, 0.2) is 0 Å². The fourth-order valence-corrected chi connectivity index (χ4v) is 2.27. The van der Waals surface area contributed by atoms with Crippen LogP contribution in [-0.4, -0.2) is 23.7 Å². The monoisotopic (exact) mass is 231 g/mol. The van der Waals surface area contributed by atoms with Crippen LogP contribution in [0.3, 0.4) is 0 Å². The van der Waals surface area contributed by atoms with Crippen molar-refractivity contribution in [1.29, 1.82) is 0 Å². The Labute approximate surface area is 101 Å². The Morgan fingerprint density at radius 3 is 2.94 bits per heavy atom. The number of carboxylic acid groups (broad SMARTS) is 1. The molecule has 0 fully saturated rings. The van der Waals surface area contributed by atoms with Crippen molar-refractivity contribution in [2.45, 2.75) is 25.3 Å². The van der Waals surface area contributed by atoms with Gasteiger partial charge in [0.05, 0.1) is 0 Å². The van der Waals surface area contributed by atoms with Crippen molar-refractivity contribution in [3.05, 3.63) is 47.5 Å². The lowest BCUT2D eigenvalue weighted by atomic mass is 9.88. The maximum absolute atomic E-state index is 10.3. The summed E-state index contributed by atoms with van der Waals surface area (Å²) in [4.78, 5) is 10.3. The Hall–Kier alpha value is -1.61. The predicted molar refractivity (Wildman–Crippen MR) is 67.0 cm³/mol. The highest BCUT2D eigenvalue weighted by molar-refractivity contribution is 5.79. The average Bonchev–Trinajstić information content (AvgIpc) is 2.34. The Morgan fingerprint density at radius 2 is 2.18 bits per heavy atom. The molecule has 0 saturated carbocycles. The maximum atomic E-state index is 10.3. The fourth-order valence-electron chi connectivity index (χ4n) is 2.27. The number of carbonyl (C=O) groups is 1. The van der Waals surface area contributed by atoms with Crippen molar-refractivity contribution in [2.24, 2.45) is 0 Å². The largest absolute Gasteiger partial charge is 0.478 e. The number of fused-ring (bicyclic) bond motifs is 1. The van der Waals surface area contributed by atoms with E-state index in [4.69, 9.17) is 5.11 Å². The maximum Gasteiger partial charge on any atom is 0.328 e. The Kier molecular flexibility index (Phi) is 3.94. The van der Waals surface area contributed by atoms with Gasteiger partial charge in [0.1, 0.15) is 0 Å². The molecule has 3 nitrogen and oxygen atoms in total. The molecule has 1 aromatic rings. The van der Waals surface area contributed by atoms with E-state index in [1.807, 2.05) is 0 Å². The van der Waals surface area contributed by atoms with E-state index in [1.165, 1.54) is 17.2 Å². The number of hydrogen-bond donors (Lipinski definition) is 2. The van der Waals surface area contributed by atoms with Crippen LogP contribution in [0.1, 0.15) is 17.5 Å². The third-order valence-electron chi connectivity index (χ3n) is 3.13. The Balaban J connectivity index is 1.84. The Bertz CT molecular complexity index is 426. The molecule has 1 aliphatic rings. The van der Waals surface area contributed by atoms with Gasteiger partial charge in [-0.25, -0.2) is 4.79 Å². The minimum absolute atomic E-state index is 0.461. The molecule has 2 rings (SSSR count). The molecule has 2 N–H and O–H groups in total. The first-order valence-electron chi connectivity index (χ1n) is 5.95. The molecule has 17 heavy (non-hydrogen) atoms. The minimum atomic E-state index is -0.888. The molecular weight excluding hydrogens is 214 g/mol. The molecule has 3 heteroatoms. The molecule has 90 valence electrons. The standard InChI is InChI=1S/C14H17NO2/c16-14(17)6-3-9-15-13-8-7-11-4-1-2-5-12(11)10-13/h1-6,13,15H,7-10H2,(H,16,17)/b6-3+. The topological polar surface area (TPSA) is 49.3 Å². The van der Waals surface area contributed by atoms with Gasteiger partial charge in [-0.2, -0.15) is 0 Å². The first kappa shape index (κ1) is 11.9. The number of carboxylic acids is 1. The quantitative estimate of drug-likeness (QED) is 0.776. The van der Waals surface area contributed by atoms with Gasteiger partial charge in [-0.1, -0.05) is 30.3 Å². The second-order valence-electron chi connectivity index (χ2n) is 4.36. The van der Waals surface area contributed by atoms with Crippen LogP contribution in [0.25, 0.3) is 0 Å². The number of rotatable bonds is 4. The van der Waals surface area contributed by atoms with Gasteiger partial charge in [-0.15, -0.1) is 0 Å². The van der Waals surface area contributed by atoms with Crippen molar-refractivity contribution < 1.29 is 9.90 Å². The van der Waals surface area contributed by atoms with Gasteiger partial charge < -0.3 is 10.4 Å². The molecule has 0 heterocycles. The molecule has 1 aromatic carbocycles. The van der Waals surface area contributed by atoms with Crippen LogP contribution >= 0.6 is 0 Å². The third-order valence-corrected chi connectivity index (χ3v) is 3.13. The van der Waals surface area contributed by atoms with Gasteiger partial charge in [0.2, 0.25) is 0 Å². The van der Waals surface area contributed by atoms with E-state index in [2.05, 4.69) is 29.6 Å². The van der Waals surface area contributed by atoms with E-state index in [0.717, 1.165) is 19.3 Å². The number of hydrogen-bond acceptors (Lipinski definition) is 2. The summed E-state index contributed by atoms with van der Waals surface area (Å²) < 4.78 is 0. The first-order valence-corrected chi connectivity index (χ1v) is 5.95. The molecule has 0 aromatic heterocycles. The third kappa shape index (κ3) is 3.43. The average molecular weight is 231 g/mol. The number of aliphatic carboxylic acids is 1. The predicted octanol–water partition coefficient (Wildman–Crippen LogP) is 1.77. The molecule has 0 bridgehead atoms. The van der Waals surface area contributed by atoms with Crippen LogP contribution < -0.4 is 5.32 Å². The molecular formula is C14H17NO2. The van der Waals surface area contributed by atoms with Gasteiger partial charge in [0, 0.05) is 18.7 Å².